The van der Waals surface area contributed by atoms with Crippen LogP contribution in [0.15, 0.2) is 11.3 Å². The second-order valence-electron chi connectivity index (χ2n) is 3.07. The average molecular weight is 248 g/mol. The molecule has 0 spiro atoms. The van der Waals surface area contributed by atoms with E-state index in [1.807, 2.05) is 0 Å². The molecule has 0 saturated heterocycles. The lowest BCUT2D eigenvalue weighted by Crippen LogP contribution is -2.42. The number of aliphatic carboxylic acids is 1. The summed E-state index contributed by atoms with van der Waals surface area (Å²) in [6.07, 6.45) is -1.16. The first-order chi connectivity index (χ1) is 7.54. The van der Waals surface area contributed by atoms with Crippen LogP contribution in [0.25, 0.3) is 0 Å². The van der Waals surface area contributed by atoms with Gasteiger partial charge in [0.2, 0.25) is 0 Å². The Labute approximate surface area is 95.5 Å². The van der Waals surface area contributed by atoms with E-state index in [0.717, 1.165) is 0 Å². The van der Waals surface area contributed by atoms with Crippen molar-refractivity contribution in [3.63, 3.8) is 0 Å². The molecule has 7 nitrogen and oxygen atoms in total. The molecule has 1 unspecified atom stereocenters. The third-order valence-corrected chi connectivity index (χ3v) is 3.16. The molecule has 1 rings (SSSR count). The van der Waals surface area contributed by atoms with Gasteiger partial charge in [0.15, 0.2) is 0 Å². The molecule has 0 aromatic carbocycles. The molecule has 0 aromatic rings. The van der Waals surface area contributed by atoms with Crippen molar-refractivity contribution in [3.05, 3.63) is 11.3 Å². The smallest absolute Gasteiger partial charge is 0.404 e. The van der Waals surface area contributed by atoms with E-state index in [1.165, 1.54) is 11.8 Å². The Kier molecular flexibility index (Phi) is 4.44. The van der Waals surface area contributed by atoms with E-state index >= 15 is 0 Å². The summed E-state index contributed by atoms with van der Waals surface area (Å²) in [5.41, 5.74) is 0.363. The summed E-state index contributed by atoms with van der Waals surface area (Å²) < 4.78 is 0. The van der Waals surface area contributed by atoms with Crippen LogP contribution in [0.3, 0.4) is 0 Å². The highest BCUT2D eigenvalue weighted by atomic mass is 32.2. The molecule has 1 aliphatic heterocycles. The first-order valence-electron chi connectivity index (χ1n) is 4.45. The maximum absolute atomic E-state index is 10.8. The first kappa shape index (κ1) is 12.7. The molecular formula is C8H12N2O5S. The molecule has 0 saturated carbocycles. The number of hydrogen-bond donors (Lipinski definition) is 5. The molecule has 0 fully saturated rings. The Hall–Kier alpha value is -1.41. The number of rotatable bonds is 4. The molecular weight excluding hydrogens is 236 g/mol. The summed E-state index contributed by atoms with van der Waals surface area (Å²) in [6.45, 7) is -0.212. The minimum Gasteiger partial charge on any atom is -0.477 e. The van der Waals surface area contributed by atoms with Gasteiger partial charge in [0.1, 0.15) is 5.70 Å². The molecule has 0 aromatic heterocycles. The van der Waals surface area contributed by atoms with E-state index in [0.29, 0.717) is 11.3 Å². The zero-order chi connectivity index (χ0) is 12.1. The van der Waals surface area contributed by atoms with Crippen molar-refractivity contribution in [2.75, 3.05) is 18.9 Å². The van der Waals surface area contributed by atoms with Crippen LogP contribution >= 0.6 is 11.8 Å². The molecule has 90 valence electrons. The number of carboxylic acids is 1. The van der Waals surface area contributed by atoms with Gasteiger partial charge in [-0.25, -0.2) is 9.59 Å². The lowest BCUT2D eigenvalue weighted by molar-refractivity contribution is -0.133. The topological polar surface area (TPSA) is 119 Å². The highest BCUT2D eigenvalue weighted by molar-refractivity contribution is 8.00. The van der Waals surface area contributed by atoms with E-state index in [9.17, 15) is 9.59 Å². The van der Waals surface area contributed by atoms with Crippen LogP contribution < -0.4 is 10.6 Å². The molecule has 1 amide bonds. The van der Waals surface area contributed by atoms with Crippen LogP contribution in [0.4, 0.5) is 4.79 Å². The number of nitrogens with one attached hydrogen (secondary N) is 2. The Morgan fingerprint density at radius 1 is 1.50 bits per heavy atom. The van der Waals surface area contributed by atoms with Crippen molar-refractivity contribution in [2.24, 2.45) is 0 Å². The summed E-state index contributed by atoms with van der Waals surface area (Å²) in [6, 6.07) is 0. The van der Waals surface area contributed by atoms with Gasteiger partial charge in [-0.1, -0.05) is 0 Å². The Bertz CT molecular complexity index is 330. The zero-order valence-electron chi connectivity index (χ0n) is 8.27. The number of thioether (sulfide) groups is 1. The normalized spacial score (nSPS) is 20.2. The summed E-state index contributed by atoms with van der Waals surface area (Å²) >= 11 is 1.34. The maximum atomic E-state index is 10.8. The van der Waals surface area contributed by atoms with Gasteiger partial charge in [-0.05, 0) is 5.57 Å². The molecule has 1 heterocycles. The van der Waals surface area contributed by atoms with Gasteiger partial charge in [-0.3, -0.25) is 0 Å². The molecule has 0 aliphatic carbocycles. The Morgan fingerprint density at radius 2 is 2.19 bits per heavy atom. The third-order valence-electron chi connectivity index (χ3n) is 1.96. The van der Waals surface area contributed by atoms with Crippen molar-refractivity contribution < 1.29 is 24.9 Å². The largest absolute Gasteiger partial charge is 0.477 e. The summed E-state index contributed by atoms with van der Waals surface area (Å²) in [7, 11) is 0. The van der Waals surface area contributed by atoms with Gasteiger partial charge in [-0.2, -0.15) is 0 Å². The molecule has 0 bridgehead atoms. The fourth-order valence-electron chi connectivity index (χ4n) is 1.21. The molecule has 1 aliphatic rings. The van der Waals surface area contributed by atoms with Crippen LogP contribution in [0.5, 0.6) is 0 Å². The quantitative estimate of drug-likeness (QED) is 0.444. The second kappa shape index (κ2) is 5.61. The first-order valence-corrected chi connectivity index (χ1v) is 5.50. The highest BCUT2D eigenvalue weighted by Crippen LogP contribution is 2.21. The third kappa shape index (κ3) is 3.31. The predicted octanol–water partition coefficient (Wildman–Crippen LogP) is -0.753. The van der Waals surface area contributed by atoms with E-state index in [1.54, 1.807) is 0 Å². The van der Waals surface area contributed by atoms with E-state index in [-0.39, 0.29) is 24.2 Å². The van der Waals surface area contributed by atoms with Gasteiger partial charge >= 0.3 is 12.1 Å². The minimum absolute atomic E-state index is 0.0431. The highest BCUT2D eigenvalue weighted by Gasteiger charge is 2.24. The number of hydrogen-bond acceptors (Lipinski definition) is 5. The van der Waals surface area contributed by atoms with Crippen molar-refractivity contribution in [1.29, 1.82) is 0 Å². The van der Waals surface area contributed by atoms with E-state index in [4.69, 9.17) is 15.3 Å². The van der Waals surface area contributed by atoms with Crippen LogP contribution in [-0.4, -0.2) is 51.7 Å². The van der Waals surface area contributed by atoms with Crippen molar-refractivity contribution in [1.82, 2.24) is 10.6 Å². The van der Waals surface area contributed by atoms with Crippen molar-refractivity contribution in [3.8, 4) is 0 Å². The minimum atomic E-state index is -1.16. The lowest BCUT2D eigenvalue weighted by Gasteiger charge is -2.26. The molecule has 5 N–H and O–H groups in total. The fourth-order valence-corrected chi connectivity index (χ4v) is 2.25. The van der Waals surface area contributed by atoms with Gasteiger partial charge in [0.25, 0.3) is 0 Å². The van der Waals surface area contributed by atoms with Crippen molar-refractivity contribution >= 4 is 23.8 Å². The maximum Gasteiger partial charge on any atom is 0.404 e. The Morgan fingerprint density at radius 3 is 2.69 bits per heavy atom. The monoisotopic (exact) mass is 248 g/mol. The van der Waals surface area contributed by atoms with Gasteiger partial charge in [0.05, 0.1) is 18.5 Å². The number of aliphatic hydroxyl groups is 1. The fraction of sp³-hybridized carbons (Fsp3) is 0.500. The molecule has 0 radical (unpaired) electrons. The van der Waals surface area contributed by atoms with Crippen LogP contribution in [0.2, 0.25) is 0 Å². The number of carboxylic acid groups (broad SMARTS) is 2. The predicted molar refractivity (Wildman–Crippen MR) is 57.2 cm³/mol. The van der Waals surface area contributed by atoms with Gasteiger partial charge in [0, 0.05) is 5.75 Å². The second-order valence-corrected chi connectivity index (χ2v) is 4.26. The lowest BCUT2D eigenvalue weighted by atomic mass is 10.2. The van der Waals surface area contributed by atoms with E-state index in [2.05, 4.69) is 10.6 Å². The molecule has 16 heavy (non-hydrogen) atoms. The summed E-state index contributed by atoms with van der Waals surface area (Å²) in [5.74, 6) is -0.776. The SMILES string of the molecule is O=C(O)NCC1NC(C(=O)O)=C(CO)CS1. The zero-order valence-corrected chi connectivity index (χ0v) is 9.08. The standard InChI is InChI=1S/C8H12N2O5S/c11-2-4-3-16-5(1-9-8(14)15)10-6(4)7(12)13/h5,9-11H,1-3H2,(H,12,13)(H,14,15). The van der Waals surface area contributed by atoms with Crippen LogP contribution in [0, 0.1) is 0 Å². The summed E-state index contributed by atoms with van der Waals surface area (Å²) in [5, 5.41) is 30.7. The van der Waals surface area contributed by atoms with Gasteiger partial charge < -0.3 is 26.0 Å². The van der Waals surface area contributed by atoms with Crippen molar-refractivity contribution in [2.45, 2.75) is 5.37 Å². The van der Waals surface area contributed by atoms with E-state index < -0.39 is 12.1 Å². The Balaban J connectivity index is 2.62. The number of aliphatic hydroxyl groups excluding tert-OH is 1. The van der Waals surface area contributed by atoms with Crippen LogP contribution in [0.1, 0.15) is 0 Å². The number of amides is 1. The molecule has 1 atom stereocenters. The van der Waals surface area contributed by atoms with Gasteiger partial charge in [-0.15, -0.1) is 11.8 Å². The average Bonchev–Trinajstić information content (AvgIpc) is 2.25. The number of carbonyl (C=O) groups is 2. The summed E-state index contributed by atoms with van der Waals surface area (Å²) in [4.78, 5) is 21.1. The van der Waals surface area contributed by atoms with Crippen LogP contribution in [-0.2, 0) is 4.79 Å². The molecule has 8 heteroatoms.